The summed E-state index contributed by atoms with van der Waals surface area (Å²) in [6.07, 6.45) is 7.83. The van der Waals surface area contributed by atoms with E-state index in [-0.39, 0.29) is 6.10 Å². The maximum atomic E-state index is 5.88. The van der Waals surface area contributed by atoms with Crippen LogP contribution in [0.15, 0.2) is 24.7 Å². The molecule has 1 aliphatic rings. The first kappa shape index (κ1) is 13.8. The molecule has 0 bridgehead atoms. The molecule has 6 nitrogen and oxygen atoms in total. The predicted molar refractivity (Wildman–Crippen MR) is 81.9 cm³/mol. The SMILES string of the molecule is Cc1ncc(-c2cnc(NCC3CCCO3)nc2)cc1N. The third-order valence-electron chi connectivity index (χ3n) is 3.62. The molecular weight excluding hydrogens is 266 g/mol. The lowest BCUT2D eigenvalue weighted by molar-refractivity contribution is 0.120. The molecule has 110 valence electrons. The molecule has 0 amide bonds. The van der Waals surface area contributed by atoms with E-state index < -0.39 is 0 Å². The Morgan fingerprint density at radius 2 is 2.00 bits per heavy atom. The predicted octanol–water partition coefficient (Wildman–Crippen LogP) is 2.02. The Bertz CT molecular complexity index is 608. The zero-order valence-electron chi connectivity index (χ0n) is 12.0. The van der Waals surface area contributed by atoms with Gasteiger partial charge in [-0.25, -0.2) is 9.97 Å². The summed E-state index contributed by atoms with van der Waals surface area (Å²) in [4.78, 5) is 12.9. The van der Waals surface area contributed by atoms with E-state index in [0.717, 1.165) is 42.8 Å². The van der Waals surface area contributed by atoms with Gasteiger partial charge in [0.1, 0.15) is 0 Å². The molecule has 0 aliphatic carbocycles. The number of aromatic nitrogens is 3. The topological polar surface area (TPSA) is 86.0 Å². The molecule has 0 aromatic carbocycles. The standard InChI is InChI=1S/C15H19N5O/c1-10-14(16)5-11(6-17-10)12-7-18-15(19-8-12)20-9-13-3-2-4-21-13/h5-8,13H,2-4,9,16H2,1H3,(H,18,19,20). The number of hydrogen-bond acceptors (Lipinski definition) is 6. The van der Waals surface area contributed by atoms with Gasteiger partial charge in [-0.3, -0.25) is 4.98 Å². The summed E-state index contributed by atoms with van der Waals surface area (Å²) in [7, 11) is 0. The lowest BCUT2D eigenvalue weighted by Crippen LogP contribution is -2.19. The van der Waals surface area contributed by atoms with Gasteiger partial charge in [0.05, 0.1) is 17.5 Å². The average molecular weight is 285 g/mol. The molecule has 1 atom stereocenters. The lowest BCUT2D eigenvalue weighted by Gasteiger charge is -2.10. The van der Waals surface area contributed by atoms with Crippen molar-refractivity contribution in [3.8, 4) is 11.1 Å². The minimum absolute atomic E-state index is 0.273. The van der Waals surface area contributed by atoms with Crippen LogP contribution >= 0.6 is 0 Å². The van der Waals surface area contributed by atoms with Gasteiger partial charge in [0, 0.05) is 42.9 Å². The maximum absolute atomic E-state index is 5.88. The van der Waals surface area contributed by atoms with E-state index in [0.29, 0.717) is 11.6 Å². The van der Waals surface area contributed by atoms with Crippen LogP contribution in [0.4, 0.5) is 11.6 Å². The van der Waals surface area contributed by atoms with Gasteiger partial charge in [-0.05, 0) is 25.8 Å². The Balaban J connectivity index is 1.66. The van der Waals surface area contributed by atoms with Gasteiger partial charge >= 0.3 is 0 Å². The van der Waals surface area contributed by atoms with Crippen LogP contribution in [-0.4, -0.2) is 34.2 Å². The lowest BCUT2D eigenvalue weighted by atomic mass is 10.1. The molecule has 3 rings (SSSR count). The largest absolute Gasteiger partial charge is 0.397 e. The molecule has 21 heavy (non-hydrogen) atoms. The summed E-state index contributed by atoms with van der Waals surface area (Å²) in [5, 5.41) is 3.20. The average Bonchev–Trinajstić information content (AvgIpc) is 3.02. The monoisotopic (exact) mass is 285 g/mol. The minimum Gasteiger partial charge on any atom is -0.397 e. The van der Waals surface area contributed by atoms with Crippen LogP contribution in [-0.2, 0) is 4.74 Å². The van der Waals surface area contributed by atoms with Crippen molar-refractivity contribution < 1.29 is 4.74 Å². The van der Waals surface area contributed by atoms with Crippen molar-refractivity contribution in [1.29, 1.82) is 0 Å². The number of hydrogen-bond donors (Lipinski definition) is 2. The Morgan fingerprint density at radius 1 is 1.24 bits per heavy atom. The van der Waals surface area contributed by atoms with Crippen LogP contribution in [0.2, 0.25) is 0 Å². The van der Waals surface area contributed by atoms with Crippen LogP contribution in [0.25, 0.3) is 11.1 Å². The highest BCUT2D eigenvalue weighted by atomic mass is 16.5. The van der Waals surface area contributed by atoms with Crippen molar-refractivity contribution in [2.75, 3.05) is 24.2 Å². The number of nitrogens with zero attached hydrogens (tertiary/aromatic N) is 3. The van der Waals surface area contributed by atoms with Gasteiger partial charge in [0.2, 0.25) is 5.95 Å². The maximum Gasteiger partial charge on any atom is 0.222 e. The molecule has 2 aromatic rings. The van der Waals surface area contributed by atoms with E-state index in [1.54, 1.807) is 18.6 Å². The second kappa shape index (κ2) is 6.05. The van der Waals surface area contributed by atoms with Crippen LogP contribution in [0.1, 0.15) is 18.5 Å². The number of anilines is 2. The molecule has 0 radical (unpaired) electrons. The third-order valence-corrected chi connectivity index (χ3v) is 3.62. The van der Waals surface area contributed by atoms with E-state index >= 15 is 0 Å². The van der Waals surface area contributed by atoms with Crippen molar-refractivity contribution >= 4 is 11.6 Å². The van der Waals surface area contributed by atoms with Gasteiger partial charge in [0.25, 0.3) is 0 Å². The number of rotatable bonds is 4. The minimum atomic E-state index is 0.273. The first-order chi connectivity index (χ1) is 10.2. The van der Waals surface area contributed by atoms with E-state index in [1.165, 1.54) is 0 Å². The Hall–Kier alpha value is -2.21. The van der Waals surface area contributed by atoms with Crippen molar-refractivity contribution in [3.63, 3.8) is 0 Å². The number of pyridine rings is 1. The molecule has 1 fully saturated rings. The van der Waals surface area contributed by atoms with Gasteiger partial charge < -0.3 is 15.8 Å². The fourth-order valence-electron chi connectivity index (χ4n) is 2.29. The highest BCUT2D eigenvalue weighted by Gasteiger charge is 2.15. The number of nitrogens with two attached hydrogens (primary N) is 1. The van der Waals surface area contributed by atoms with Crippen molar-refractivity contribution in [1.82, 2.24) is 15.0 Å². The number of nitrogen functional groups attached to an aromatic ring is 1. The third kappa shape index (κ3) is 3.28. The van der Waals surface area contributed by atoms with Crippen molar-refractivity contribution in [3.05, 3.63) is 30.4 Å². The zero-order valence-corrected chi connectivity index (χ0v) is 12.0. The summed E-state index contributed by atoms with van der Waals surface area (Å²) in [5.41, 5.74) is 9.20. The summed E-state index contributed by atoms with van der Waals surface area (Å²) in [5.74, 6) is 0.613. The van der Waals surface area contributed by atoms with Crippen LogP contribution in [0, 0.1) is 6.92 Å². The molecule has 2 aromatic heterocycles. The zero-order chi connectivity index (χ0) is 14.7. The quantitative estimate of drug-likeness (QED) is 0.894. The van der Waals surface area contributed by atoms with E-state index in [1.807, 2.05) is 13.0 Å². The second-order valence-corrected chi connectivity index (χ2v) is 5.21. The van der Waals surface area contributed by atoms with Gasteiger partial charge in [-0.2, -0.15) is 0 Å². The molecule has 1 aliphatic heterocycles. The Morgan fingerprint density at radius 3 is 2.67 bits per heavy atom. The molecule has 1 unspecified atom stereocenters. The highest BCUT2D eigenvalue weighted by molar-refractivity contribution is 5.65. The normalized spacial score (nSPS) is 17.9. The first-order valence-electron chi connectivity index (χ1n) is 7.12. The number of nitrogens with one attached hydrogen (secondary N) is 1. The molecule has 0 saturated carbocycles. The van der Waals surface area contributed by atoms with Crippen molar-refractivity contribution in [2.24, 2.45) is 0 Å². The van der Waals surface area contributed by atoms with Gasteiger partial charge in [0.15, 0.2) is 0 Å². The fraction of sp³-hybridized carbons (Fsp3) is 0.400. The molecule has 3 heterocycles. The molecule has 1 saturated heterocycles. The van der Waals surface area contributed by atoms with Crippen LogP contribution in [0.3, 0.4) is 0 Å². The second-order valence-electron chi connectivity index (χ2n) is 5.21. The fourth-order valence-corrected chi connectivity index (χ4v) is 2.29. The van der Waals surface area contributed by atoms with E-state index in [9.17, 15) is 0 Å². The summed E-state index contributed by atoms with van der Waals surface area (Å²) in [6, 6.07) is 1.89. The van der Waals surface area contributed by atoms with Crippen molar-refractivity contribution in [2.45, 2.75) is 25.9 Å². The first-order valence-corrected chi connectivity index (χ1v) is 7.12. The number of ether oxygens (including phenoxy) is 1. The Kier molecular flexibility index (Phi) is 3.96. The van der Waals surface area contributed by atoms with E-state index in [4.69, 9.17) is 10.5 Å². The summed E-state index contributed by atoms with van der Waals surface area (Å²) in [6.45, 7) is 3.49. The van der Waals surface area contributed by atoms with Gasteiger partial charge in [-0.15, -0.1) is 0 Å². The smallest absolute Gasteiger partial charge is 0.222 e. The molecule has 6 heteroatoms. The molecule has 0 spiro atoms. The molecular formula is C15H19N5O. The van der Waals surface area contributed by atoms with Crippen LogP contribution < -0.4 is 11.1 Å². The molecule has 3 N–H and O–H groups in total. The number of aryl methyl sites for hydroxylation is 1. The van der Waals surface area contributed by atoms with Gasteiger partial charge in [-0.1, -0.05) is 0 Å². The highest BCUT2D eigenvalue weighted by Crippen LogP contribution is 2.21. The van der Waals surface area contributed by atoms with Crippen LogP contribution in [0.5, 0.6) is 0 Å². The Labute approximate surface area is 123 Å². The summed E-state index contributed by atoms with van der Waals surface area (Å²) >= 11 is 0. The van der Waals surface area contributed by atoms with E-state index in [2.05, 4.69) is 20.3 Å². The summed E-state index contributed by atoms with van der Waals surface area (Å²) < 4.78 is 5.55.